The standard InChI is InChI=1S/C26H25N3O2/c1-18-7-11-20(12-8-18)17-27-25(31)29-16-15-28-24(30)22-5-3-4-6-23(22)26(28,29)21-13-9-19(2)10-14-21/h3-14H,15-17H2,1-2H3,(H,27,31). The number of hydrogen-bond donors (Lipinski definition) is 1. The molecule has 0 saturated carbocycles. The summed E-state index contributed by atoms with van der Waals surface area (Å²) in [6.45, 7) is 5.50. The molecule has 1 fully saturated rings. The molecule has 2 aliphatic heterocycles. The number of fused-ring (bicyclic) bond motifs is 3. The van der Waals surface area contributed by atoms with E-state index >= 15 is 0 Å². The van der Waals surface area contributed by atoms with Crippen LogP contribution in [0.4, 0.5) is 4.79 Å². The third-order valence-corrected chi connectivity index (χ3v) is 6.37. The van der Waals surface area contributed by atoms with Gasteiger partial charge in [0.1, 0.15) is 0 Å². The molecule has 1 atom stereocenters. The number of urea groups is 1. The summed E-state index contributed by atoms with van der Waals surface area (Å²) in [7, 11) is 0. The summed E-state index contributed by atoms with van der Waals surface area (Å²) in [4.78, 5) is 30.4. The minimum absolute atomic E-state index is 0.0231. The highest BCUT2D eigenvalue weighted by Crippen LogP contribution is 2.49. The van der Waals surface area contributed by atoms with Crippen LogP contribution in [0, 0.1) is 13.8 Å². The van der Waals surface area contributed by atoms with Crippen LogP contribution < -0.4 is 5.32 Å². The van der Waals surface area contributed by atoms with Crippen molar-refractivity contribution in [3.63, 3.8) is 0 Å². The number of hydrogen-bond acceptors (Lipinski definition) is 2. The number of nitrogens with one attached hydrogen (secondary N) is 1. The summed E-state index contributed by atoms with van der Waals surface area (Å²) < 4.78 is 0. The highest BCUT2D eigenvalue weighted by Gasteiger charge is 2.59. The number of nitrogens with zero attached hydrogens (tertiary/aromatic N) is 2. The smallest absolute Gasteiger partial charge is 0.320 e. The summed E-state index contributed by atoms with van der Waals surface area (Å²) >= 11 is 0. The van der Waals surface area contributed by atoms with E-state index in [1.54, 1.807) is 0 Å². The molecule has 0 aromatic heterocycles. The molecule has 0 spiro atoms. The molecule has 0 radical (unpaired) electrons. The fraction of sp³-hybridized carbons (Fsp3) is 0.231. The van der Waals surface area contributed by atoms with Gasteiger partial charge in [-0.1, -0.05) is 77.9 Å². The normalized spacial score (nSPS) is 19.4. The summed E-state index contributed by atoms with van der Waals surface area (Å²) in [6.07, 6.45) is 0. The van der Waals surface area contributed by atoms with Gasteiger partial charge in [-0.05, 0) is 25.5 Å². The number of carbonyl (C=O) groups is 2. The molecule has 2 heterocycles. The van der Waals surface area contributed by atoms with Crippen molar-refractivity contribution >= 4 is 11.9 Å². The van der Waals surface area contributed by atoms with Crippen molar-refractivity contribution in [2.45, 2.75) is 26.1 Å². The Kier molecular flexibility index (Phi) is 4.54. The van der Waals surface area contributed by atoms with Crippen molar-refractivity contribution < 1.29 is 9.59 Å². The minimum atomic E-state index is -0.918. The highest BCUT2D eigenvalue weighted by atomic mass is 16.2. The Hall–Kier alpha value is -3.60. The number of benzene rings is 3. The number of rotatable bonds is 3. The monoisotopic (exact) mass is 411 g/mol. The van der Waals surface area contributed by atoms with Gasteiger partial charge in [0.15, 0.2) is 5.66 Å². The summed E-state index contributed by atoms with van der Waals surface area (Å²) in [5.74, 6) is -0.0231. The average molecular weight is 412 g/mol. The minimum Gasteiger partial charge on any atom is -0.334 e. The van der Waals surface area contributed by atoms with Crippen LogP contribution in [0.3, 0.4) is 0 Å². The molecule has 156 valence electrons. The first-order valence-corrected chi connectivity index (χ1v) is 10.6. The summed E-state index contributed by atoms with van der Waals surface area (Å²) in [5, 5.41) is 3.07. The van der Waals surface area contributed by atoms with Crippen LogP contribution in [0.5, 0.6) is 0 Å². The Balaban J connectivity index is 1.55. The van der Waals surface area contributed by atoms with E-state index in [1.807, 2.05) is 96.4 Å². The molecule has 0 aliphatic carbocycles. The first-order valence-electron chi connectivity index (χ1n) is 10.6. The second-order valence-corrected chi connectivity index (χ2v) is 8.34. The van der Waals surface area contributed by atoms with E-state index in [-0.39, 0.29) is 11.9 Å². The van der Waals surface area contributed by atoms with E-state index in [0.717, 1.165) is 22.3 Å². The number of amides is 3. The van der Waals surface area contributed by atoms with E-state index in [9.17, 15) is 9.59 Å². The molecule has 3 aromatic carbocycles. The molecular formula is C26H25N3O2. The van der Waals surface area contributed by atoms with Crippen LogP contribution in [-0.4, -0.2) is 34.8 Å². The number of aryl methyl sites for hydroxylation is 2. The molecule has 5 nitrogen and oxygen atoms in total. The fourth-order valence-electron chi connectivity index (χ4n) is 4.81. The quantitative estimate of drug-likeness (QED) is 0.703. The van der Waals surface area contributed by atoms with E-state index in [2.05, 4.69) is 5.32 Å². The molecule has 31 heavy (non-hydrogen) atoms. The van der Waals surface area contributed by atoms with Crippen LogP contribution in [0.1, 0.15) is 38.2 Å². The van der Waals surface area contributed by atoms with E-state index in [0.29, 0.717) is 25.2 Å². The topological polar surface area (TPSA) is 52.7 Å². The summed E-state index contributed by atoms with van der Waals surface area (Å²) in [5.41, 5.74) is 4.91. The van der Waals surface area contributed by atoms with Gasteiger partial charge < -0.3 is 10.2 Å². The van der Waals surface area contributed by atoms with Gasteiger partial charge in [0.2, 0.25) is 0 Å². The van der Waals surface area contributed by atoms with Crippen LogP contribution in [0.25, 0.3) is 0 Å². The lowest BCUT2D eigenvalue weighted by atomic mass is 9.89. The SMILES string of the molecule is Cc1ccc(CNC(=O)N2CCN3C(=O)c4ccccc4C23c2ccc(C)cc2)cc1. The molecule has 5 rings (SSSR count). The molecular weight excluding hydrogens is 386 g/mol. The summed E-state index contributed by atoms with van der Waals surface area (Å²) in [6, 6.07) is 23.7. The van der Waals surface area contributed by atoms with Gasteiger partial charge >= 0.3 is 6.03 Å². The zero-order valence-electron chi connectivity index (χ0n) is 17.8. The van der Waals surface area contributed by atoms with Crippen LogP contribution in [-0.2, 0) is 12.2 Å². The fourth-order valence-corrected chi connectivity index (χ4v) is 4.81. The Morgan fingerprint density at radius 1 is 0.903 bits per heavy atom. The van der Waals surface area contributed by atoms with Crippen molar-refractivity contribution in [2.24, 2.45) is 0 Å². The van der Waals surface area contributed by atoms with Gasteiger partial charge in [0.05, 0.1) is 0 Å². The molecule has 0 bridgehead atoms. The number of carbonyl (C=O) groups excluding carboxylic acids is 2. The molecule has 3 amide bonds. The van der Waals surface area contributed by atoms with Crippen molar-refractivity contribution in [1.82, 2.24) is 15.1 Å². The van der Waals surface area contributed by atoms with Gasteiger partial charge in [0.25, 0.3) is 5.91 Å². The van der Waals surface area contributed by atoms with Crippen LogP contribution in [0.15, 0.2) is 72.8 Å². The van der Waals surface area contributed by atoms with Crippen molar-refractivity contribution in [1.29, 1.82) is 0 Å². The van der Waals surface area contributed by atoms with Crippen molar-refractivity contribution in [3.05, 3.63) is 106 Å². The second-order valence-electron chi connectivity index (χ2n) is 8.34. The van der Waals surface area contributed by atoms with Gasteiger partial charge in [-0.2, -0.15) is 0 Å². The highest BCUT2D eigenvalue weighted by molar-refractivity contribution is 6.02. The molecule has 1 saturated heterocycles. The lowest BCUT2D eigenvalue weighted by Crippen LogP contribution is -2.54. The molecule has 2 aliphatic rings. The van der Waals surface area contributed by atoms with Crippen LogP contribution in [0.2, 0.25) is 0 Å². The Bertz CT molecular complexity index is 1150. The van der Waals surface area contributed by atoms with Gasteiger partial charge in [0, 0.05) is 36.3 Å². The zero-order chi connectivity index (χ0) is 21.6. The van der Waals surface area contributed by atoms with E-state index in [4.69, 9.17) is 0 Å². The van der Waals surface area contributed by atoms with E-state index in [1.165, 1.54) is 5.56 Å². The maximum Gasteiger partial charge on any atom is 0.320 e. The average Bonchev–Trinajstić information content (AvgIpc) is 3.29. The second kappa shape index (κ2) is 7.27. The Morgan fingerprint density at radius 3 is 2.26 bits per heavy atom. The maximum atomic E-state index is 13.5. The molecule has 5 heteroatoms. The van der Waals surface area contributed by atoms with Crippen molar-refractivity contribution in [3.8, 4) is 0 Å². The lowest BCUT2D eigenvalue weighted by molar-refractivity contribution is 0.0545. The Labute approximate surface area is 182 Å². The van der Waals surface area contributed by atoms with Crippen LogP contribution >= 0.6 is 0 Å². The zero-order valence-corrected chi connectivity index (χ0v) is 17.8. The van der Waals surface area contributed by atoms with Gasteiger partial charge in [-0.25, -0.2) is 4.79 Å². The predicted molar refractivity (Wildman–Crippen MR) is 120 cm³/mol. The largest absolute Gasteiger partial charge is 0.334 e. The first kappa shape index (κ1) is 19.4. The molecule has 1 N–H and O–H groups in total. The van der Waals surface area contributed by atoms with Gasteiger partial charge in [-0.3, -0.25) is 9.69 Å². The third kappa shape index (κ3) is 2.92. The predicted octanol–water partition coefficient (Wildman–Crippen LogP) is 4.19. The lowest BCUT2D eigenvalue weighted by Gasteiger charge is -2.40. The maximum absolute atomic E-state index is 13.5. The third-order valence-electron chi connectivity index (χ3n) is 6.37. The first-order chi connectivity index (χ1) is 15.0. The molecule has 3 aromatic rings. The van der Waals surface area contributed by atoms with Crippen molar-refractivity contribution in [2.75, 3.05) is 13.1 Å². The van der Waals surface area contributed by atoms with Gasteiger partial charge in [-0.15, -0.1) is 0 Å². The molecule has 1 unspecified atom stereocenters. The Morgan fingerprint density at radius 2 is 1.55 bits per heavy atom. The van der Waals surface area contributed by atoms with E-state index < -0.39 is 5.66 Å².